The van der Waals surface area contributed by atoms with Crippen molar-refractivity contribution in [3.8, 4) is 0 Å². The summed E-state index contributed by atoms with van der Waals surface area (Å²) in [6, 6.07) is 0.512. The smallest absolute Gasteiger partial charge is 0.0700 e. The van der Waals surface area contributed by atoms with E-state index in [1.807, 2.05) is 0 Å². The van der Waals surface area contributed by atoms with Gasteiger partial charge in [0.1, 0.15) is 0 Å². The molecule has 4 nitrogen and oxygen atoms in total. The first-order valence-electron chi connectivity index (χ1n) is 6.55. The van der Waals surface area contributed by atoms with Gasteiger partial charge in [0.2, 0.25) is 0 Å². The quantitative estimate of drug-likeness (QED) is 0.533. The second-order valence-electron chi connectivity index (χ2n) is 4.32. The van der Waals surface area contributed by atoms with Crippen LogP contribution >= 0.6 is 0 Å². The van der Waals surface area contributed by atoms with Crippen molar-refractivity contribution in [2.24, 2.45) is 5.92 Å². The fourth-order valence-electron chi connectivity index (χ4n) is 1.81. The van der Waals surface area contributed by atoms with Crippen molar-refractivity contribution >= 4 is 0 Å². The third-order valence-electron chi connectivity index (χ3n) is 2.94. The molecule has 1 N–H and O–H groups in total. The molecule has 0 amide bonds. The van der Waals surface area contributed by atoms with E-state index in [1.54, 1.807) is 14.2 Å². The molecule has 2 unspecified atom stereocenters. The first-order valence-corrected chi connectivity index (χ1v) is 6.55. The van der Waals surface area contributed by atoms with Crippen LogP contribution < -0.4 is 5.32 Å². The van der Waals surface area contributed by atoms with Crippen LogP contribution in [0.5, 0.6) is 0 Å². The molecule has 0 spiro atoms. The van der Waals surface area contributed by atoms with E-state index in [2.05, 4.69) is 19.2 Å². The van der Waals surface area contributed by atoms with Crippen molar-refractivity contribution in [3.05, 3.63) is 0 Å². The third kappa shape index (κ3) is 9.53. The molecule has 0 aliphatic rings. The van der Waals surface area contributed by atoms with Gasteiger partial charge in [0.15, 0.2) is 0 Å². The van der Waals surface area contributed by atoms with Crippen molar-refractivity contribution in [3.63, 3.8) is 0 Å². The van der Waals surface area contributed by atoms with Gasteiger partial charge in [-0.1, -0.05) is 13.8 Å². The van der Waals surface area contributed by atoms with Gasteiger partial charge in [0, 0.05) is 33.5 Å². The highest BCUT2D eigenvalue weighted by atomic mass is 16.5. The minimum absolute atomic E-state index is 0.512. The molecule has 0 fully saturated rings. The second-order valence-corrected chi connectivity index (χ2v) is 4.32. The Balaban J connectivity index is 3.72. The van der Waals surface area contributed by atoms with E-state index >= 15 is 0 Å². The Labute approximate surface area is 106 Å². The van der Waals surface area contributed by atoms with Gasteiger partial charge in [-0.2, -0.15) is 0 Å². The van der Waals surface area contributed by atoms with Crippen LogP contribution in [0.3, 0.4) is 0 Å². The molecule has 0 aliphatic heterocycles. The largest absolute Gasteiger partial charge is 0.385 e. The molecule has 0 aromatic rings. The van der Waals surface area contributed by atoms with Gasteiger partial charge in [-0.15, -0.1) is 0 Å². The van der Waals surface area contributed by atoms with Crippen molar-refractivity contribution in [2.75, 3.05) is 47.2 Å². The van der Waals surface area contributed by atoms with Crippen molar-refractivity contribution < 1.29 is 14.2 Å². The van der Waals surface area contributed by atoms with Crippen LogP contribution in [-0.2, 0) is 14.2 Å². The van der Waals surface area contributed by atoms with Gasteiger partial charge in [-0.3, -0.25) is 0 Å². The highest BCUT2D eigenvalue weighted by Gasteiger charge is 2.15. The third-order valence-corrected chi connectivity index (χ3v) is 2.94. The molecular formula is C13H29NO3. The lowest BCUT2D eigenvalue weighted by Crippen LogP contribution is -2.36. The molecule has 0 bridgehead atoms. The Hall–Kier alpha value is -0.160. The summed E-state index contributed by atoms with van der Waals surface area (Å²) in [6.45, 7) is 8.38. The number of ether oxygens (including phenoxy) is 3. The molecule has 104 valence electrons. The molecule has 0 aromatic heterocycles. The van der Waals surface area contributed by atoms with E-state index in [4.69, 9.17) is 14.2 Å². The number of methoxy groups -OCH3 is 2. The lowest BCUT2D eigenvalue weighted by Gasteiger charge is -2.24. The average molecular weight is 247 g/mol. The monoisotopic (exact) mass is 247 g/mol. The molecular weight excluding hydrogens is 218 g/mol. The predicted octanol–water partition coefficient (Wildman–Crippen LogP) is 1.69. The number of hydrogen-bond acceptors (Lipinski definition) is 4. The highest BCUT2D eigenvalue weighted by Crippen LogP contribution is 2.11. The maximum absolute atomic E-state index is 5.51. The van der Waals surface area contributed by atoms with Crippen molar-refractivity contribution in [2.45, 2.75) is 32.7 Å². The molecule has 0 radical (unpaired) electrons. The van der Waals surface area contributed by atoms with E-state index in [1.165, 1.54) is 0 Å². The van der Waals surface area contributed by atoms with Crippen LogP contribution in [0.15, 0.2) is 0 Å². The van der Waals surface area contributed by atoms with Gasteiger partial charge >= 0.3 is 0 Å². The molecule has 0 heterocycles. The van der Waals surface area contributed by atoms with Crippen LogP contribution in [0.1, 0.15) is 26.7 Å². The molecule has 0 rings (SSSR count). The Bertz CT molecular complexity index is 156. The zero-order valence-electron chi connectivity index (χ0n) is 11.8. The number of nitrogens with one attached hydrogen (secondary N) is 1. The second kappa shape index (κ2) is 12.3. The van der Waals surface area contributed by atoms with Gasteiger partial charge in [-0.25, -0.2) is 0 Å². The van der Waals surface area contributed by atoms with E-state index in [-0.39, 0.29) is 0 Å². The summed E-state index contributed by atoms with van der Waals surface area (Å²) in [4.78, 5) is 0. The van der Waals surface area contributed by atoms with E-state index in [9.17, 15) is 0 Å². The summed E-state index contributed by atoms with van der Waals surface area (Å²) in [7, 11) is 3.44. The van der Waals surface area contributed by atoms with Gasteiger partial charge in [-0.05, 0) is 25.3 Å². The fourth-order valence-corrected chi connectivity index (χ4v) is 1.81. The summed E-state index contributed by atoms with van der Waals surface area (Å²) >= 11 is 0. The maximum atomic E-state index is 5.51. The highest BCUT2D eigenvalue weighted by molar-refractivity contribution is 4.72. The van der Waals surface area contributed by atoms with Crippen LogP contribution in [-0.4, -0.2) is 53.2 Å². The van der Waals surface area contributed by atoms with Gasteiger partial charge in [0.05, 0.1) is 13.2 Å². The molecule has 0 saturated carbocycles. The summed E-state index contributed by atoms with van der Waals surface area (Å²) in [5.41, 5.74) is 0. The van der Waals surface area contributed by atoms with Gasteiger partial charge < -0.3 is 19.5 Å². The van der Waals surface area contributed by atoms with Crippen LogP contribution in [0.2, 0.25) is 0 Å². The van der Waals surface area contributed by atoms with Crippen LogP contribution in [0.25, 0.3) is 0 Å². The fraction of sp³-hybridized carbons (Fsp3) is 1.00. The Morgan fingerprint density at radius 2 is 1.65 bits per heavy atom. The van der Waals surface area contributed by atoms with E-state index in [0.717, 1.165) is 32.6 Å². The first kappa shape index (κ1) is 16.8. The Kier molecular flexibility index (Phi) is 12.2. The molecule has 0 saturated heterocycles. The van der Waals surface area contributed by atoms with Gasteiger partial charge in [0.25, 0.3) is 0 Å². The minimum atomic E-state index is 0.512. The normalized spacial score (nSPS) is 14.8. The van der Waals surface area contributed by atoms with Crippen molar-refractivity contribution in [1.82, 2.24) is 5.32 Å². The molecule has 2 atom stereocenters. The Morgan fingerprint density at radius 1 is 0.941 bits per heavy atom. The zero-order chi connectivity index (χ0) is 12.9. The summed E-state index contributed by atoms with van der Waals surface area (Å²) in [5, 5.41) is 3.52. The molecule has 17 heavy (non-hydrogen) atoms. The summed E-state index contributed by atoms with van der Waals surface area (Å²) in [5.74, 6) is 0.612. The SMILES string of the molecule is CCNC(CCOCCOC)C(C)CCOC. The summed E-state index contributed by atoms with van der Waals surface area (Å²) < 4.78 is 15.6. The van der Waals surface area contributed by atoms with Crippen LogP contribution in [0.4, 0.5) is 0 Å². The predicted molar refractivity (Wildman–Crippen MR) is 70.4 cm³/mol. The van der Waals surface area contributed by atoms with Crippen LogP contribution in [0, 0.1) is 5.92 Å². The standard InChI is InChI=1S/C13H29NO3/c1-5-14-13(12(2)6-8-15-3)7-9-17-11-10-16-4/h12-14H,5-11H2,1-4H3. The lowest BCUT2D eigenvalue weighted by atomic mass is 9.96. The lowest BCUT2D eigenvalue weighted by molar-refractivity contribution is 0.0620. The number of hydrogen-bond donors (Lipinski definition) is 1. The van der Waals surface area contributed by atoms with E-state index in [0.29, 0.717) is 25.2 Å². The Morgan fingerprint density at radius 3 is 2.24 bits per heavy atom. The molecule has 0 aromatic carbocycles. The zero-order valence-corrected chi connectivity index (χ0v) is 11.8. The molecule has 0 aliphatic carbocycles. The summed E-state index contributed by atoms with van der Waals surface area (Å²) in [6.07, 6.45) is 2.13. The first-order chi connectivity index (χ1) is 8.26. The van der Waals surface area contributed by atoms with Crippen molar-refractivity contribution in [1.29, 1.82) is 0 Å². The maximum Gasteiger partial charge on any atom is 0.0700 e. The molecule has 4 heteroatoms. The minimum Gasteiger partial charge on any atom is -0.385 e. The number of rotatable bonds is 12. The van der Waals surface area contributed by atoms with E-state index < -0.39 is 0 Å². The average Bonchev–Trinajstić information content (AvgIpc) is 2.34. The topological polar surface area (TPSA) is 39.7 Å².